The van der Waals surface area contributed by atoms with Gasteiger partial charge in [-0.2, -0.15) is 9.49 Å². The Labute approximate surface area is 188 Å². The van der Waals surface area contributed by atoms with E-state index in [2.05, 4.69) is 27.3 Å². The Hall–Kier alpha value is -3.53. The van der Waals surface area contributed by atoms with E-state index in [4.69, 9.17) is 9.47 Å². The van der Waals surface area contributed by atoms with Crippen LogP contribution in [0.5, 0.6) is 5.75 Å². The number of anilines is 1. The first-order valence-corrected chi connectivity index (χ1v) is 10.9. The second kappa shape index (κ2) is 6.74. The van der Waals surface area contributed by atoms with Crippen molar-refractivity contribution in [3.8, 4) is 5.75 Å². The average Bonchev–Trinajstić information content (AvgIpc) is 3.51. The molecule has 1 aliphatic carbocycles. The summed E-state index contributed by atoms with van der Waals surface area (Å²) in [6, 6.07) is 1.74. The van der Waals surface area contributed by atoms with Gasteiger partial charge in [0.25, 0.3) is 5.91 Å². The molecule has 7 rings (SSSR count). The van der Waals surface area contributed by atoms with Crippen molar-refractivity contribution in [1.82, 2.24) is 24.0 Å². The van der Waals surface area contributed by atoms with Crippen molar-refractivity contribution in [3.05, 3.63) is 54.1 Å². The highest BCUT2D eigenvalue weighted by molar-refractivity contribution is 6.07. The normalized spacial score (nSPS) is 23.9. The zero-order valence-electron chi connectivity index (χ0n) is 18.5. The zero-order chi connectivity index (χ0) is 23.0. The first-order chi connectivity index (χ1) is 15.8. The van der Waals surface area contributed by atoms with Gasteiger partial charge in [-0.3, -0.25) is 4.79 Å². The number of aromatic nitrogens is 5. The number of carbonyl (C=O) groups excluding carboxylic acids is 1. The molecule has 1 amide bonds. The molecular formula is C23H23FN6O3. The third-order valence-corrected chi connectivity index (χ3v) is 6.43. The second-order valence-electron chi connectivity index (χ2n) is 9.48. The molecule has 4 aromatic rings. The molecule has 170 valence electrons. The lowest BCUT2D eigenvalue weighted by Gasteiger charge is -2.41. The SMILES string of the molecule is CC(C)Oc1c(C(=O)Nc2cnn3cccnc23)cn2cc(C34COC(C)(C3)C4)nc2c1F. The monoisotopic (exact) mass is 450 g/mol. The minimum absolute atomic E-state index is 0.0616. The van der Waals surface area contributed by atoms with E-state index >= 15 is 4.39 Å². The highest BCUT2D eigenvalue weighted by Crippen LogP contribution is 2.58. The van der Waals surface area contributed by atoms with Gasteiger partial charge in [-0.15, -0.1) is 0 Å². The lowest BCUT2D eigenvalue weighted by atomic mass is 9.62. The van der Waals surface area contributed by atoms with Crippen LogP contribution in [0.1, 0.15) is 49.7 Å². The van der Waals surface area contributed by atoms with Crippen LogP contribution in [0.15, 0.2) is 37.1 Å². The van der Waals surface area contributed by atoms with Gasteiger partial charge in [0, 0.05) is 30.2 Å². The first kappa shape index (κ1) is 20.1. The molecule has 0 aromatic carbocycles. The molecule has 0 unspecified atom stereocenters. The number of pyridine rings is 1. The van der Waals surface area contributed by atoms with Gasteiger partial charge in [0.1, 0.15) is 11.3 Å². The standard InChI is InChI=1S/C23H23FN6O3/c1-13(2)33-18-14(21(31)27-15-7-26-30-6-4-5-25-19(15)30)8-29-9-16(28-20(29)17(18)24)23-10-22(3,11-23)32-12-23/h4-9,13H,10-12H2,1-3H3,(H,27,31). The van der Waals surface area contributed by atoms with Crippen LogP contribution in [0.4, 0.5) is 10.1 Å². The summed E-state index contributed by atoms with van der Waals surface area (Å²) in [6.45, 7) is 6.21. The van der Waals surface area contributed by atoms with Crippen LogP contribution < -0.4 is 10.1 Å². The number of hydrogen-bond acceptors (Lipinski definition) is 6. The Bertz CT molecular complexity index is 1420. The molecule has 9 nitrogen and oxygen atoms in total. The number of nitrogens with one attached hydrogen (secondary N) is 1. The number of ether oxygens (including phenoxy) is 2. The highest BCUT2D eigenvalue weighted by Gasteiger charge is 2.61. The van der Waals surface area contributed by atoms with Crippen LogP contribution in [0.25, 0.3) is 11.3 Å². The Morgan fingerprint density at radius 1 is 1.30 bits per heavy atom. The van der Waals surface area contributed by atoms with E-state index < -0.39 is 11.7 Å². The van der Waals surface area contributed by atoms with Crippen LogP contribution in [0.3, 0.4) is 0 Å². The minimum Gasteiger partial charge on any atom is -0.487 e. The Balaban J connectivity index is 1.42. The summed E-state index contributed by atoms with van der Waals surface area (Å²) in [4.78, 5) is 22.1. The van der Waals surface area contributed by atoms with E-state index in [0.717, 1.165) is 18.5 Å². The van der Waals surface area contributed by atoms with Crippen LogP contribution in [-0.2, 0) is 10.2 Å². The Kier molecular flexibility index (Phi) is 4.10. The van der Waals surface area contributed by atoms with Gasteiger partial charge in [0.05, 0.1) is 30.2 Å². The maximum atomic E-state index is 15.6. The van der Waals surface area contributed by atoms with Gasteiger partial charge < -0.3 is 19.2 Å². The van der Waals surface area contributed by atoms with Crippen molar-refractivity contribution >= 4 is 22.9 Å². The number of nitrogens with zero attached hydrogens (tertiary/aromatic N) is 5. The summed E-state index contributed by atoms with van der Waals surface area (Å²) in [7, 11) is 0. The minimum atomic E-state index is -0.669. The van der Waals surface area contributed by atoms with Gasteiger partial charge in [0.15, 0.2) is 17.0 Å². The fourth-order valence-electron chi connectivity index (χ4n) is 5.10. The van der Waals surface area contributed by atoms with Gasteiger partial charge in [-0.05, 0) is 39.7 Å². The fourth-order valence-corrected chi connectivity index (χ4v) is 5.10. The third-order valence-electron chi connectivity index (χ3n) is 6.43. The van der Waals surface area contributed by atoms with Crippen molar-refractivity contribution in [2.24, 2.45) is 0 Å². The van der Waals surface area contributed by atoms with Gasteiger partial charge in [-0.1, -0.05) is 0 Å². The predicted molar refractivity (Wildman–Crippen MR) is 117 cm³/mol. The molecule has 2 aliphatic heterocycles. The molecule has 3 fully saturated rings. The van der Waals surface area contributed by atoms with Crippen molar-refractivity contribution in [2.45, 2.75) is 50.7 Å². The fraction of sp³-hybridized carbons (Fsp3) is 0.391. The molecular weight excluding hydrogens is 427 g/mol. The number of imidazole rings is 1. The molecule has 10 heteroatoms. The zero-order valence-corrected chi connectivity index (χ0v) is 18.5. The van der Waals surface area contributed by atoms with Crippen molar-refractivity contribution < 1.29 is 18.7 Å². The predicted octanol–water partition coefficient (Wildman–Crippen LogP) is 3.38. The maximum absolute atomic E-state index is 15.6. The number of carbonyl (C=O) groups is 1. The number of hydrogen-bond donors (Lipinski definition) is 1. The topological polar surface area (TPSA) is 95.0 Å². The maximum Gasteiger partial charge on any atom is 0.261 e. The van der Waals surface area contributed by atoms with Crippen molar-refractivity contribution in [3.63, 3.8) is 0 Å². The van der Waals surface area contributed by atoms with Crippen LogP contribution in [0.2, 0.25) is 0 Å². The van der Waals surface area contributed by atoms with E-state index in [1.54, 1.807) is 53.6 Å². The van der Waals surface area contributed by atoms with Gasteiger partial charge in [0.2, 0.25) is 5.82 Å². The molecule has 4 aromatic heterocycles. The molecule has 33 heavy (non-hydrogen) atoms. The van der Waals surface area contributed by atoms with E-state index in [-0.39, 0.29) is 34.1 Å². The number of fused-ring (bicyclic) bond motifs is 3. The number of amides is 1. The van der Waals surface area contributed by atoms with Crippen molar-refractivity contribution in [1.29, 1.82) is 0 Å². The highest BCUT2D eigenvalue weighted by atomic mass is 19.1. The molecule has 0 spiro atoms. The van der Waals surface area contributed by atoms with E-state index in [1.165, 1.54) is 6.20 Å². The molecule has 1 N–H and O–H groups in total. The van der Waals surface area contributed by atoms with Crippen molar-refractivity contribution in [2.75, 3.05) is 11.9 Å². The second-order valence-corrected chi connectivity index (χ2v) is 9.48. The van der Waals surface area contributed by atoms with Crippen LogP contribution in [-0.4, -0.2) is 48.2 Å². The first-order valence-electron chi connectivity index (χ1n) is 10.9. The average molecular weight is 450 g/mol. The van der Waals surface area contributed by atoms with Crippen LogP contribution >= 0.6 is 0 Å². The molecule has 3 aliphatic rings. The number of rotatable bonds is 5. The number of halogens is 1. The van der Waals surface area contributed by atoms with E-state index in [9.17, 15) is 4.79 Å². The summed E-state index contributed by atoms with van der Waals surface area (Å²) in [6.07, 6.45) is 9.56. The van der Waals surface area contributed by atoms with Gasteiger partial charge in [-0.25, -0.2) is 14.5 Å². The lowest BCUT2D eigenvalue weighted by Crippen LogP contribution is -2.45. The quantitative estimate of drug-likeness (QED) is 0.501. The molecule has 2 saturated heterocycles. The summed E-state index contributed by atoms with van der Waals surface area (Å²) in [5.74, 6) is -1.32. The molecule has 2 bridgehead atoms. The summed E-state index contributed by atoms with van der Waals surface area (Å²) in [5, 5.41) is 6.96. The summed E-state index contributed by atoms with van der Waals surface area (Å²) >= 11 is 0. The van der Waals surface area contributed by atoms with Crippen LogP contribution in [0, 0.1) is 5.82 Å². The third kappa shape index (κ3) is 3.01. The molecule has 6 heterocycles. The van der Waals surface area contributed by atoms with E-state index in [1.807, 2.05) is 0 Å². The molecule has 0 radical (unpaired) electrons. The summed E-state index contributed by atoms with van der Waals surface area (Å²) in [5.41, 5.74) is 1.55. The largest absolute Gasteiger partial charge is 0.487 e. The molecule has 0 atom stereocenters. The Morgan fingerprint density at radius 2 is 2.12 bits per heavy atom. The van der Waals surface area contributed by atoms with Gasteiger partial charge >= 0.3 is 0 Å². The lowest BCUT2D eigenvalue weighted by molar-refractivity contribution is 0.0154. The molecule has 1 saturated carbocycles. The summed E-state index contributed by atoms with van der Waals surface area (Å²) < 4.78 is 30.4. The smallest absolute Gasteiger partial charge is 0.261 e. The van der Waals surface area contributed by atoms with E-state index in [0.29, 0.717) is 17.9 Å². The Morgan fingerprint density at radius 3 is 2.85 bits per heavy atom.